The van der Waals surface area contributed by atoms with E-state index in [-0.39, 0.29) is 0 Å². The lowest BCUT2D eigenvalue weighted by Gasteiger charge is -2.24. The van der Waals surface area contributed by atoms with Gasteiger partial charge in [0.15, 0.2) is 0 Å². The topological polar surface area (TPSA) is 32.3 Å². The van der Waals surface area contributed by atoms with Gasteiger partial charge in [0, 0.05) is 26.1 Å². The molecule has 0 radical (unpaired) electrons. The van der Waals surface area contributed by atoms with E-state index in [1.165, 1.54) is 25.7 Å². The SMILES string of the molecule is CC1CC1CN(C)C(=O)CCC1CCCCN1. The number of hydrogen-bond acceptors (Lipinski definition) is 2. The van der Waals surface area contributed by atoms with E-state index in [4.69, 9.17) is 0 Å². The smallest absolute Gasteiger partial charge is 0.222 e. The fourth-order valence-electron chi connectivity index (χ4n) is 2.77. The van der Waals surface area contributed by atoms with Crippen LogP contribution in [-0.2, 0) is 4.79 Å². The molecule has 1 heterocycles. The molecule has 2 aliphatic rings. The van der Waals surface area contributed by atoms with E-state index < -0.39 is 0 Å². The monoisotopic (exact) mass is 238 g/mol. The van der Waals surface area contributed by atoms with Gasteiger partial charge in [-0.05, 0) is 44.1 Å². The normalized spacial score (nSPS) is 32.2. The molecule has 0 aromatic rings. The summed E-state index contributed by atoms with van der Waals surface area (Å²) in [5, 5.41) is 3.50. The van der Waals surface area contributed by atoms with Gasteiger partial charge in [0.05, 0.1) is 0 Å². The second-order valence-electron chi connectivity index (χ2n) is 5.93. The Hall–Kier alpha value is -0.570. The van der Waals surface area contributed by atoms with Crippen molar-refractivity contribution in [2.45, 2.75) is 51.5 Å². The summed E-state index contributed by atoms with van der Waals surface area (Å²) in [5.74, 6) is 1.94. The highest BCUT2D eigenvalue weighted by atomic mass is 16.2. The average molecular weight is 238 g/mol. The van der Waals surface area contributed by atoms with Crippen molar-refractivity contribution in [3.8, 4) is 0 Å². The van der Waals surface area contributed by atoms with Gasteiger partial charge in [-0.3, -0.25) is 4.79 Å². The predicted molar refractivity (Wildman–Crippen MR) is 69.8 cm³/mol. The zero-order valence-corrected chi connectivity index (χ0v) is 11.2. The van der Waals surface area contributed by atoms with E-state index in [0.29, 0.717) is 11.9 Å². The minimum Gasteiger partial charge on any atom is -0.345 e. The van der Waals surface area contributed by atoms with Crippen LogP contribution in [0.5, 0.6) is 0 Å². The average Bonchev–Trinajstić information content (AvgIpc) is 3.03. The lowest BCUT2D eigenvalue weighted by Crippen LogP contribution is -2.36. The molecule has 1 saturated carbocycles. The minimum absolute atomic E-state index is 0.330. The number of nitrogens with one attached hydrogen (secondary N) is 1. The molecule has 1 amide bonds. The summed E-state index contributed by atoms with van der Waals surface area (Å²) in [6, 6.07) is 0.584. The summed E-state index contributed by atoms with van der Waals surface area (Å²) in [4.78, 5) is 13.9. The second-order valence-corrected chi connectivity index (χ2v) is 5.93. The molecule has 3 atom stereocenters. The van der Waals surface area contributed by atoms with Gasteiger partial charge in [-0.1, -0.05) is 13.3 Å². The Kier molecular flexibility index (Phi) is 4.43. The van der Waals surface area contributed by atoms with Crippen LogP contribution in [0.4, 0.5) is 0 Å². The molecule has 3 heteroatoms. The first-order chi connectivity index (χ1) is 8.16. The summed E-state index contributed by atoms with van der Waals surface area (Å²) in [7, 11) is 1.96. The summed E-state index contributed by atoms with van der Waals surface area (Å²) in [5.41, 5.74) is 0. The molecule has 0 spiro atoms. The van der Waals surface area contributed by atoms with Crippen LogP contribution in [0.3, 0.4) is 0 Å². The maximum absolute atomic E-state index is 12.0. The molecule has 0 aromatic carbocycles. The van der Waals surface area contributed by atoms with Crippen molar-refractivity contribution in [1.82, 2.24) is 10.2 Å². The van der Waals surface area contributed by atoms with Crippen molar-refractivity contribution in [1.29, 1.82) is 0 Å². The van der Waals surface area contributed by atoms with E-state index in [1.54, 1.807) is 0 Å². The van der Waals surface area contributed by atoms with Crippen molar-refractivity contribution >= 4 is 5.91 Å². The molecule has 1 aliphatic carbocycles. The van der Waals surface area contributed by atoms with Crippen LogP contribution in [0.2, 0.25) is 0 Å². The largest absolute Gasteiger partial charge is 0.345 e. The standard InChI is InChI=1S/C14H26N2O/c1-11-9-12(11)10-16(2)14(17)7-6-13-5-3-4-8-15-13/h11-13,15H,3-10H2,1-2H3. The highest BCUT2D eigenvalue weighted by molar-refractivity contribution is 5.75. The summed E-state index contributed by atoms with van der Waals surface area (Å²) < 4.78 is 0. The van der Waals surface area contributed by atoms with E-state index in [2.05, 4.69) is 12.2 Å². The first-order valence-electron chi connectivity index (χ1n) is 7.14. The lowest BCUT2D eigenvalue weighted by molar-refractivity contribution is -0.130. The van der Waals surface area contributed by atoms with Crippen molar-refractivity contribution in [2.75, 3.05) is 20.1 Å². The van der Waals surface area contributed by atoms with E-state index in [1.807, 2.05) is 11.9 Å². The van der Waals surface area contributed by atoms with Gasteiger partial charge >= 0.3 is 0 Å². The van der Waals surface area contributed by atoms with Gasteiger partial charge in [0.2, 0.25) is 5.91 Å². The van der Waals surface area contributed by atoms with Gasteiger partial charge in [0.1, 0.15) is 0 Å². The molecule has 1 aliphatic heterocycles. The highest BCUT2D eigenvalue weighted by Crippen LogP contribution is 2.38. The van der Waals surface area contributed by atoms with Crippen LogP contribution < -0.4 is 5.32 Å². The third-order valence-corrected chi connectivity index (χ3v) is 4.33. The molecule has 0 aromatic heterocycles. The quantitative estimate of drug-likeness (QED) is 0.795. The van der Waals surface area contributed by atoms with Gasteiger partial charge in [-0.2, -0.15) is 0 Å². The molecule has 1 N–H and O–H groups in total. The van der Waals surface area contributed by atoms with Gasteiger partial charge in [0.25, 0.3) is 0 Å². The van der Waals surface area contributed by atoms with E-state index in [9.17, 15) is 4.79 Å². The Morgan fingerprint density at radius 1 is 1.41 bits per heavy atom. The molecule has 2 rings (SSSR count). The van der Waals surface area contributed by atoms with Gasteiger partial charge in [-0.15, -0.1) is 0 Å². The zero-order valence-electron chi connectivity index (χ0n) is 11.2. The number of carbonyl (C=O) groups is 1. The van der Waals surface area contributed by atoms with Gasteiger partial charge in [-0.25, -0.2) is 0 Å². The number of rotatable bonds is 5. The molecular weight excluding hydrogens is 212 g/mol. The number of amides is 1. The Bertz CT molecular complexity index is 261. The molecule has 3 nitrogen and oxygen atoms in total. The second kappa shape index (κ2) is 5.85. The maximum Gasteiger partial charge on any atom is 0.222 e. The molecule has 0 bridgehead atoms. The zero-order chi connectivity index (χ0) is 12.3. The highest BCUT2D eigenvalue weighted by Gasteiger charge is 2.34. The van der Waals surface area contributed by atoms with E-state index >= 15 is 0 Å². The van der Waals surface area contributed by atoms with Crippen molar-refractivity contribution < 1.29 is 4.79 Å². The Morgan fingerprint density at radius 2 is 2.18 bits per heavy atom. The first kappa shape index (κ1) is 12.9. The summed E-state index contributed by atoms with van der Waals surface area (Å²) in [6.45, 7) is 4.38. The van der Waals surface area contributed by atoms with Crippen molar-refractivity contribution in [2.24, 2.45) is 11.8 Å². The predicted octanol–water partition coefficient (Wildman–Crippen LogP) is 2.02. The van der Waals surface area contributed by atoms with Gasteiger partial charge < -0.3 is 10.2 Å². The lowest BCUT2D eigenvalue weighted by atomic mass is 10.0. The maximum atomic E-state index is 12.0. The Balaban J connectivity index is 1.62. The minimum atomic E-state index is 0.330. The van der Waals surface area contributed by atoms with Crippen molar-refractivity contribution in [3.63, 3.8) is 0 Å². The molecule has 1 saturated heterocycles. The van der Waals surface area contributed by atoms with Crippen LogP contribution in [0.15, 0.2) is 0 Å². The third kappa shape index (κ3) is 3.98. The molecule has 3 unspecified atom stereocenters. The first-order valence-corrected chi connectivity index (χ1v) is 7.14. The summed E-state index contributed by atoms with van der Waals surface area (Å²) >= 11 is 0. The number of piperidine rings is 1. The summed E-state index contributed by atoms with van der Waals surface area (Å²) in [6.07, 6.45) is 6.91. The molecular formula is C14H26N2O. The van der Waals surface area contributed by atoms with Crippen molar-refractivity contribution in [3.05, 3.63) is 0 Å². The number of hydrogen-bond donors (Lipinski definition) is 1. The Labute approximate surface area is 105 Å². The third-order valence-electron chi connectivity index (χ3n) is 4.33. The number of nitrogens with zero attached hydrogens (tertiary/aromatic N) is 1. The number of carbonyl (C=O) groups excluding carboxylic acids is 1. The molecule has 2 fully saturated rings. The molecule has 17 heavy (non-hydrogen) atoms. The van der Waals surface area contributed by atoms with Crippen LogP contribution in [0.25, 0.3) is 0 Å². The molecule has 98 valence electrons. The van der Waals surface area contributed by atoms with Crippen LogP contribution in [0.1, 0.15) is 45.4 Å². The van der Waals surface area contributed by atoms with Crippen LogP contribution >= 0.6 is 0 Å². The van der Waals surface area contributed by atoms with E-state index in [0.717, 1.165) is 37.8 Å². The fourth-order valence-corrected chi connectivity index (χ4v) is 2.77. The fraction of sp³-hybridized carbons (Fsp3) is 0.929. The Morgan fingerprint density at radius 3 is 2.76 bits per heavy atom. The van der Waals surface area contributed by atoms with Crippen LogP contribution in [-0.4, -0.2) is 37.0 Å². The van der Waals surface area contributed by atoms with Crippen LogP contribution in [0, 0.1) is 11.8 Å².